The highest BCUT2D eigenvalue weighted by molar-refractivity contribution is 5.79. The summed E-state index contributed by atoms with van der Waals surface area (Å²) in [5.74, 6) is 1.20. The molecule has 0 atom stereocenters. The predicted octanol–water partition coefficient (Wildman–Crippen LogP) is 1.70. The Labute approximate surface area is 162 Å². The van der Waals surface area contributed by atoms with Crippen molar-refractivity contribution in [3.8, 4) is 5.75 Å². The zero-order valence-electron chi connectivity index (χ0n) is 16.6. The number of hydrogen-bond donors (Lipinski definition) is 0. The average Bonchev–Trinajstić information content (AvgIpc) is 3.10. The monoisotopic (exact) mass is 373 g/mol. The van der Waals surface area contributed by atoms with Crippen LogP contribution in [0.15, 0.2) is 18.2 Å². The fourth-order valence-corrected chi connectivity index (χ4v) is 3.90. The van der Waals surface area contributed by atoms with Gasteiger partial charge in [-0.25, -0.2) is 0 Å². The first kappa shape index (κ1) is 19.7. The van der Waals surface area contributed by atoms with Gasteiger partial charge in [0.2, 0.25) is 11.8 Å². The normalized spacial score (nSPS) is 18.4. The second-order valence-electron chi connectivity index (χ2n) is 7.58. The van der Waals surface area contributed by atoms with E-state index in [9.17, 15) is 9.59 Å². The van der Waals surface area contributed by atoms with Gasteiger partial charge < -0.3 is 14.5 Å². The van der Waals surface area contributed by atoms with Crippen molar-refractivity contribution in [1.82, 2.24) is 14.7 Å². The number of methoxy groups -OCH3 is 1. The zero-order valence-corrected chi connectivity index (χ0v) is 16.6. The first-order chi connectivity index (χ1) is 13.1. The van der Waals surface area contributed by atoms with Gasteiger partial charge in [-0.3, -0.25) is 14.5 Å². The standard InChI is InChI=1S/C21H31N3O3/c1-17-6-7-18(14-19(17)27-2)15-20(25)24-11-5-8-22(12-13-24)16-21(26)23-9-3-4-10-23/h6-7,14H,3-5,8-13,15-16H2,1-2H3. The van der Waals surface area contributed by atoms with Crippen LogP contribution in [0.25, 0.3) is 0 Å². The summed E-state index contributed by atoms with van der Waals surface area (Å²) in [6, 6.07) is 5.94. The SMILES string of the molecule is COc1cc(CC(=O)N2CCCN(CC(=O)N3CCCC3)CC2)ccc1C. The molecule has 27 heavy (non-hydrogen) atoms. The van der Waals surface area contributed by atoms with Gasteiger partial charge >= 0.3 is 0 Å². The summed E-state index contributed by atoms with van der Waals surface area (Å²) >= 11 is 0. The highest BCUT2D eigenvalue weighted by Crippen LogP contribution is 2.20. The van der Waals surface area contributed by atoms with Crippen LogP contribution in [-0.2, 0) is 16.0 Å². The topological polar surface area (TPSA) is 53.1 Å². The third-order valence-electron chi connectivity index (χ3n) is 5.59. The van der Waals surface area contributed by atoms with Crippen LogP contribution in [0.3, 0.4) is 0 Å². The van der Waals surface area contributed by atoms with Crippen LogP contribution in [0.2, 0.25) is 0 Å². The Balaban J connectivity index is 1.51. The highest BCUT2D eigenvalue weighted by Gasteiger charge is 2.24. The van der Waals surface area contributed by atoms with Gasteiger partial charge in [0.15, 0.2) is 0 Å². The second kappa shape index (κ2) is 9.22. The van der Waals surface area contributed by atoms with E-state index in [0.717, 1.165) is 68.9 Å². The summed E-state index contributed by atoms with van der Waals surface area (Å²) in [6.45, 7) is 7.37. The average molecular weight is 373 g/mol. The minimum Gasteiger partial charge on any atom is -0.496 e. The van der Waals surface area contributed by atoms with E-state index in [2.05, 4.69) is 4.90 Å². The molecule has 0 N–H and O–H groups in total. The number of hydrogen-bond acceptors (Lipinski definition) is 4. The van der Waals surface area contributed by atoms with E-state index in [1.807, 2.05) is 34.9 Å². The van der Waals surface area contributed by atoms with E-state index in [1.165, 1.54) is 0 Å². The fraction of sp³-hybridized carbons (Fsp3) is 0.619. The maximum atomic E-state index is 12.7. The lowest BCUT2D eigenvalue weighted by atomic mass is 10.1. The van der Waals surface area contributed by atoms with Gasteiger partial charge in [0.05, 0.1) is 20.1 Å². The van der Waals surface area contributed by atoms with Crippen LogP contribution < -0.4 is 4.74 Å². The molecule has 6 heteroatoms. The van der Waals surface area contributed by atoms with Crippen molar-refractivity contribution in [3.05, 3.63) is 29.3 Å². The summed E-state index contributed by atoms with van der Waals surface area (Å²) in [7, 11) is 1.65. The first-order valence-electron chi connectivity index (χ1n) is 9.98. The minimum absolute atomic E-state index is 0.147. The Morgan fingerprint density at radius 1 is 0.926 bits per heavy atom. The molecule has 0 bridgehead atoms. The number of likely N-dealkylation sites (tertiary alicyclic amines) is 1. The first-order valence-corrected chi connectivity index (χ1v) is 9.98. The van der Waals surface area contributed by atoms with Crippen molar-refractivity contribution >= 4 is 11.8 Å². The molecule has 0 aliphatic carbocycles. The van der Waals surface area contributed by atoms with Crippen LogP contribution in [0.5, 0.6) is 5.75 Å². The molecule has 3 rings (SSSR count). The molecule has 2 saturated heterocycles. The van der Waals surface area contributed by atoms with E-state index in [0.29, 0.717) is 19.5 Å². The molecule has 148 valence electrons. The van der Waals surface area contributed by atoms with Crippen LogP contribution in [0.1, 0.15) is 30.4 Å². The van der Waals surface area contributed by atoms with Crippen LogP contribution in [-0.4, -0.2) is 79.4 Å². The highest BCUT2D eigenvalue weighted by atomic mass is 16.5. The Bertz CT molecular complexity index is 671. The molecule has 2 heterocycles. The lowest BCUT2D eigenvalue weighted by Crippen LogP contribution is -2.41. The number of ether oxygens (including phenoxy) is 1. The number of rotatable bonds is 5. The molecule has 2 amide bonds. The van der Waals surface area contributed by atoms with E-state index in [4.69, 9.17) is 4.74 Å². The van der Waals surface area contributed by atoms with Crippen molar-refractivity contribution in [2.45, 2.75) is 32.6 Å². The van der Waals surface area contributed by atoms with E-state index in [-0.39, 0.29) is 11.8 Å². The Hall–Kier alpha value is -2.08. The molecule has 2 aliphatic heterocycles. The molecule has 0 spiro atoms. The molecule has 2 aliphatic rings. The van der Waals surface area contributed by atoms with Crippen LogP contribution in [0, 0.1) is 6.92 Å². The molecular formula is C21H31N3O3. The van der Waals surface area contributed by atoms with Gasteiger partial charge in [-0.15, -0.1) is 0 Å². The molecule has 0 aromatic heterocycles. The number of amides is 2. The Morgan fingerprint density at radius 3 is 2.37 bits per heavy atom. The molecular weight excluding hydrogens is 342 g/mol. The smallest absolute Gasteiger partial charge is 0.236 e. The number of aryl methyl sites for hydroxylation is 1. The number of nitrogens with zero attached hydrogens (tertiary/aromatic N) is 3. The lowest BCUT2D eigenvalue weighted by Gasteiger charge is -2.24. The van der Waals surface area contributed by atoms with E-state index >= 15 is 0 Å². The lowest BCUT2D eigenvalue weighted by molar-refractivity contribution is -0.131. The third kappa shape index (κ3) is 5.22. The van der Waals surface area contributed by atoms with Gasteiger partial charge in [-0.1, -0.05) is 12.1 Å². The summed E-state index contributed by atoms with van der Waals surface area (Å²) in [5.41, 5.74) is 2.05. The van der Waals surface area contributed by atoms with Crippen molar-refractivity contribution in [2.24, 2.45) is 0 Å². The van der Waals surface area contributed by atoms with Gasteiger partial charge in [-0.2, -0.15) is 0 Å². The van der Waals surface area contributed by atoms with Crippen molar-refractivity contribution in [1.29, 1.82) is 0 Å². The molecule has 1 aromatic carbocycles. The van der Waals surface area contributed by atoms with E-state index < -0.39 is 0 Å². The van der Waals surface area contributed by atoms with Gasteiger partial charge in [-0.05, 0) is 43.4 Å². The zero-order chi connectivity index (χ0) is 19.2. The van der Waals surface area contributed by atoms with Crippen molar-refractivity contribution in [3.63, 3.8) is 0 Å². The summed E-state index contributed by atoms with van der Waals surface area (Å²) in [4.78, 5) is 31.2. The number of benzene rings is 1. The fourth-order valence-electron chi connectivity index (χ4n) is 3.90. The van der Waals surface area contributed by atoms with Crippen LogP contribution in [0.4, 0.5) is 0 Å². The summed E-state index contributed by atoms with van der Waals surface area (Å²) in [5, 5.41) is 0. The number of carbonyl (C=O) groups excluding carboxylic acids is 2. The second-order valence-corrected chi connectivity index (χ2v) is 7.58. The molecule has 0 unspecified atom stereocenters. The molecule has 0 radical (unpaired) electrons. The van der Waals surface area contributed by atoms with Crippen LogP contribution >= 0.6 is 0 Å². The van der Waals surface area contributed by atoms with Crippen molar-refractivity contribution < 1.29 is 14.3 Å². The largest absolute Gasteiger partial charge is 0.496 e. The van der Waals surface area contributed by atoms with E-state index in [1.54, 1.807) is 7.11 Å². The maximum Gasteiger partial charge on any atom is 0.236 e. The van der Waals surface area contributed by atoms with Crippen molar-refractivity contribution in [2.75, 3.05) is 52.9 Å². The molecule has 1 aromatic rings. The molecule has 2 fully saturated rings. The Kier molecular flexibility index (Phi) is 6.72. The molecule has 0 saturated carbocycles. The summed E-state index contributed by atoms with van der Waals surface area (Å²) < 4.78 is 5.36. The summed E-state index contributed by atoms with van der Waals surface area (Å²) in [6.07, 6.45) is 3.55. The quantitative estimate of drug-likeness (QED) is 0.788. The van der Waals surface area contributed by atoms with Gasteiger partial charge in [0, 0.05) is 39.3 Å². The third-order valence-corrected chi connectivity index (χ3v) is 5.59. The predicted molar refractivity (Wildman–Crippen MR) is 105 cm³/mol. The van der Waals surface area contributed by atoms with Gasteiger partial charge in [0.1, 0.15) is 5.75 Å². The number of carbonyl (C=O) groups is 2. The van der Waals surface area contributed by atoms with Gasteiger partial charge in [0.25, 0.3) is 0 Å². The maximum absolute atomic E-state index is 12.7. The minimum atomic E-state index is 0.147. The molecule has 6 nitrogen and oxygen atoms in total. The Morgan fingerprint density at radius 2 is 1.63 bits per heavy atom.